The van der Waals surface area contributed by atoms with Crippen LogP contribution >= 0.6 is 11.8 Å². The lowest BCUT2D eigenvalue weighted by molar-refractivity contribution is -0.113. The van der Waals surface area contributed by atoms with Crippen molar-refractivity contribution < 1.29 is 9.18 Å². The highest BCUT2D eigenvalue weighted by Crippen LogP contribution is 2.42. The second kappa shape index (κ2) is 7.60. The zero-order chi connectivity index (χ0) is 20.7. The number of amides is 1. The summed E-state index contributed by atoms with van der Waals surface area (Å²) in [5, 5.41) is 13.2. The number of carbonyl (C=O) groups is 1. The van der Waals surface area contributed by atoms with Crippen LogP contribution < -0.4 is 5.32 Å². The smallest absolute Gasteiger partial charge is 0.234 e. The number of aromatic nitrogens is 4. The van der Waals surface area contributed by atoms with E-state index in [1.165, 1.54) is 17.8 Å². The molecule has 0 radical (unpaired) electrons. The third kappa shape index (κ3) is 3.59. The van der Waals surface area contributed by atoms with Gasteiger partial charge in [-0.15, -0.1) is 10.2 Å². The molecule has 8 heteroatoms. The van der Waals surface area contributed by atoms with Gasteiger partial charge in [0.25, 0.3) is 0 Å². The fraction of sp³-hybridized carbons (Fsp3) is 0.227. The van der Waals surface area contributed by atoms with Crippen molar-refractivity contribution >= 4 is 34.3 Å². The van der Waals surface area contributed by atoms with Gasteiger partial charge in [-0.3, -0.25) is 9.36 Å². The minimum atomic E-state index is -0.434. The summed E-state index contributed by atoms with van der Waals surface area (Å²) in [7, 11) is 0. The average molecular weight is 422 g/mol. The molecule has 6 nitrogen and oxygen atoms in total. The third-order valence-electron chi connectivity index (χ3n) is 5.14. The van der Waals surface area contributed by atoms with Crippen LogP contribution in [0.15, 0.2) is 53.8 Å². The summed E-state index contributed by atoms with van der Waals surface area (Å²) < 4.78 is 16.1. The van der Waals surface area contributed by atoms with Gasteiger partial charge in [0.05, 0.1) is 11.4 Å². The van der Waals surface area contributed by atoms with Gasteiger partial charge in [-0.25, -0.2) is 4.39 Å². The summed E-state index contributed by atoms with van der Waals surface area (Å²) in [5.41, 5.74) is 3.05. The second-order valence-electron chi connectivity index (χ2n) is 7.48. The monoisotopic (exact) mass is 421 g/mol. The summed E-state index contributed by atoms with van der Waals surface area (Å²) in [6.45, 7) is 1.81. The first kappa shape index (κ1) is 18.9. The molecule has 0 unspecified atom stereocenters. The number of rotatable bonds is 6. The Morgan fingerprint density at radius 2 is 2.10 bits per heavy atom. The van der Waals surface area contributed by atoms with Gasteiger partial charge in [0.1, 0.15) is 5.82 Å². The molecule has 1 aliphatic rings. The number of hydrogen-bond donors (Lipinski definition) is 2. The van der Waals surface area contributed by atoms with Gasteiger partial charge < -0.3 is 10.3 Å². The molecule has 0 saturated heterocycles. The van der Waals surface area contributed by atoms with Crippen molar-refractivity contribution in [3.8, 4) is 11.4 Å². The number of aryl methyl sites for hydroxylation is 1. The maximum atomic E-state index is 14.0. The van der Waals surface area contributed by atoms with Crippen LogP contribution in [0.1, 0.15) is 24.4 Å². The molecule has 152 valence electrons. The van der Waals surface area contributed by atoms with E-state index in [0.717, 1.165) is 40.7 Å². The Kier molecular flexibility index (Phi) is 4.78. The van der Waals surface area contributed by atoms with Gasteiger partial charge in [-0.1, -0.05) is 36.0 Å². The minimum absolute atomic E-state index is 0.131. The van der Waals surface area contributed by atoms with E-state index in [1.807, 2.05) is 24.4 Å². The number of fused-ring (bicyclic) bond motifs is 1. The van der Waals surface area contributed by atoms with Gasteiger partial charge in [0, 0.05) is 28.7 Å². The van der Waals surface area contributed by atoms with Crippen LogP contribution in [0.25, 0.3) is 22.3 Å². The molecule has 1 amide bonds. The standard InChI is InChI=1S/C22H20FN5OS/c1-13-6-9-19(17(23)10-13)25-20(29)12-30-22-27-26-21(28(22)14-7-8-14)16-11-24-18-5-3-2-4-15(16)18/h2-6,9-11,14,24H,7-8,12H2,1H3,(H,25,29). The summed E-state index contributed by atoms with van der Waals surface area (Å²) >= 11 is 1.32. The number of H-pyrrole nitrogens is 1. The number of aromatic amines is 1. The van der Waals surface area contributed by atoms with Gasteiger partial charge in [-0.05, 0) is 43.5 Å². The van der Waals surface area contributed by atoms with Crippen LogP contribution in [0.2, 0.25) is 0 Å². The van der Waals surface area contributed by atoms with Crippen molar-refractivity contribution in [3.05, 3.63) is 60.0 Å². The summed E-state index contributed by atoms with van der Waals surface area (Å²) in [6.07, 6.45) is 4.10. The number of hydrogen-bond acceptors (Lipinski definition) is 4. The molecule has 0 spiro atoms. The second-order valence-corrected chi connectivity index (χ2v) is 8.42. The van der Waals surface area contributed by atoms with Crippen molar-refractivity contribution in [1.82, 2.24) is 19.7 Å². The van der Waals surface area contributed by atoms with Crippen molar-refractivity contribution in [2.45, 2.75) is 31.0 Å². The highest BCUT2D eigenvalue weighted by molar-refractivity contribution is 7.99. The van der Waals surface area contributed by atoms with Crippen molar-refractivity contribution in [2.75, 3.05) is 11.1 Å². The first-order valence-corrected chi connectivity index (χ1v) is 10.8. The number of benzene rings is 2. The normalized spacial score (nSPS) is 13.7. The summed E-state index contributed by atoms with van der Waals surface area (Å²) in [4.78, 5) is 15.7. The van der Waals surface area contributed by atoms with Crippen LogP contribution in [-0.4, -0.2) is 31.4 Å². The average Bonchev–Trinajstić information content (AvgIpc) is 3.34. The predicted octanol–water partition coefficient (Wildman–Crippen LogP) is 4.94. The molecule has 4 aromatic rings. The van der Waals surface area contributed by atoms with Crippen LogP contribution in [0.5, 0.6) is 0 Å². The Hall–Kier alpha value is -3.13. The van der Waals surface area contributed by atoms with Crippen molar-refractivity contribution in [2.24, 2.45) is 0 Å². The first-order chi connectivity index (χ1) is 14.6. The highest BCUT2D eigenvalue weighted by atomic mass is 32.2. The van der Waals surface area contributed by atoms with Crippen molar-refractivity contribution in [1.29, 1.82) is 0 Å². The van der Waals surface area contributed by atoms with Gasteiger partial charge in [-0.2, -0.15) is 0 Å². The number of nitrogens with one attached hydrogen (secondary N) is 2. The molecule has 1 aliphatic carbocycles. The zero-order valence-electron chi connectivity index (χ0n) is 16.4. The Balaban J connectivity index is 1.36. The number of halogens is 1. The molecule has 0 aliphatic heterocycles. The Bertz CT molecular complexity index is 1240. The predicted molar refractivity (Wildman–Crippen MR) is 116 cm³/mol. The quantitative estimate of drug-likeness (QED) is 0.433. The van der Waals surface area contributed by atoms with E-state index in [-0.39, 0.29) is 17.3 Å². The maximum Gasteiger partial charge on any atom is 0.234 e. The van der Waals surface area contributed by atoms with E-state index < -0.39 is 5.82 Å². The molecule has 2 heterocycles. The van der Waals surface area contributed by atoms with E-state index in [4.69, 9.17) is 0 Å². The molecule has 2 aromatic carbocycles. The van der Waals surface area contributed by atoms with E-state index in [2.05, 4.69) is 31.1 Å². The van der Waals surface area contributed by atoms with Gasteiger partial charge >= 0.3 is 0 Å². The minimum Gasteiger partial charge on any atom is -0.360 e. The molecule has 5 rings (SSSR count). The van der Waals surface area contributed by atoms with Crippen molar-refractivity contribution in [3.63, 3.8) is 0 Å². The molecule has 0 atom stereocenters. The maximum absolute atomic E-state index is 14.0. The van der Waals surface area contributed by atoms with Gasteiger partial charge in [0.15, 0.2) is 11.0 Å². The lowest BCUT2D eigenvalue weighted by atomic mass is 10.1. The Morgan fingerprint density at radius 1 is 1.27 bits per heavy atom. The molecule has 1 saturated carbocycles. The lowest BCUT2D eigenvalue weighted by Gasteiger charge is -2.09. The molecule has 0 bridgehead atoms. The summed E-state index contributed by atoms with van der Waals surface area (Å²) in [5.74, 6) is 0.229. The zero-order valence-corrected chi connectivity index (χ0v) is 17.2. The van der Waals surface area contributed by atoms with E-state index >= 15 is 0 Å². The molecule has 2 aromatic heterocycles. The van der Waals surface area contributed by atoms with Crippen LogP contribution in [0.4, 0.5) is 10.1 Å². The Morgan fingerprint density at radius 3 is 2.90 bits per heavy atom. The lowest BCUT2D eigenvalue weighted by Crippen LogP contribution is -2.15. The molecular weight excluding hydrogens is 401 g/mol. The third-order valence-corrected chi connectivity index (χ3v) is 6.08. The number of thioether (sulfide) groups is 1. The molecule has 30 heavy (non-hydrogen) atoms. The summed E-state index contributed by atoms with van der Waals surface area (Å²) in [6, 6.07) is 13.2. The van der Waals surface area contributed by atoms with Crippen LogP contribution in [-0.2, 0) is 4.79 Å². The number of anilines is 1. The van der Waals surface area contributed by atoms with Crippen LogP contribution in [0, 0.1) is 12.7 Å². The van der Waals surface area contributed by atoms with E-state index in [0.29, 0.717) is 11.2 Å². The number of carbonyl (C=O) groups excluding carboxylic acids is 1. The van der Waals surface area contributed by atoms with Crippen LogP contribution in [0.3, 0.4) is 0 Å². The molecule has 1 fully saturated rings. The Labute approximate surface area is 176 Å². The fourth-order valence-electron chi connectivity index (χ4n) is 3.52. The SMILES string of the molecule is Cc1ccc(NC(=O)CSc2nnc(-c3c[nH]c4ccccc34)n2C2CC2)c(F)c1. The fourth-order valence-corrected chi connectivity index (χ4v) is 4.32. The molecule has 2 N–H and O–H groups in total. The number of nitrogens with zero attached hydrogens (tertiary/aromatic N) is 3. The largest absolute Gasteiger partial charge is 0.360 e. The molecular formula is C22H20FN5OS. The van der Waals surface area contributed by atoms with Gasteiger partial charge in [0.2, 0.25) is 5.91 Å². The number of para-hydroxylation sites is 1. The topological polar surface area (TPSA) is 75.6 Å². The highest BCUT2D eigenvalue weighted by Gasteiger charge is 2.31. The first-order valence-electron chi connectivity index (χ1n) is 9.80. The van der Waals surface area contributed by atoms with E-state index in [9.17, 15) is 9.18 Å². The van der Waals surface area contributed by atoms with E-state index in [1.54, 1.807) is 19.1 Å².